The summed E-state index contributed by atoms with van der Waals surface area (Å²) in [6.07, 6.45) is 3.17. The number of rotatable bonds is 3. The van der Waals surface area contributed by atoms with Crippen LogP contribution >= 0.6 is 12.2 Å². The zero-order valence-electron chi connectivity index (χ0n) is 11.6. The molecule has 0 fully saturated rings. The number of aromatic amines is 1. The van der Waals surface area contributed by atoms with Gasteiger partial charge >= 0.3 is 0 Å². The SMILES string of the molecule is S=c1[nH]cc(-c2ccccc2)n1CC1Cc2ccccc21. The number of nitrogens with zero attached hydrogens (tertiary/aromatic N) is 1. The molecule has 0 amide bonds. The minimum absolute atomic E-state index is 0.575. The van der Waals surface area contributed by atoms with Crippen molar-refractivity contribution in [2.45, 2.75) is 18.9 Å². The number of hydrogen-bond acceptors (Lipinski definition) is 1. The molecule has 0 radical (unpaired) electrons. The summed E-state index contributed by atoms with van der Waals surface area (Å²) in [5.41, 5.74) is 5.33. The summed E-state index contributed by atoms with van der Waals surface area (Å²) in [6, 6.07) is 19.1. The first-order chi connectivity index (χ1) is 10.3. The van der Waals surface area contributed by atoms with Crippen LogP contribution < -0.4 is 0 Å². The van der Waals surface area contributed by atoms with Crippen molar-refractivity contribution in [2.75, 3.05) is 0 Å². The molecule has 21 heavy (non-hydrogen) atoms. The fraction of sp³-hybridized carbons (Fsp3) is 0.167. The molecule has 104 valence electrons. The van der Waals surface area contributed by atoms with Crippen LogP contribution in [-0.4, -0.2) is 9.55 Å². The molecule has 1 atom stereocenters. The van der Waals surface area contributed by atoms with Gasteiger partial charge in [0.2, 0.25) is 0 Å². The molecule has 1 heterocycles. The van der Waals surface area contributed by atoms with Gasteiger partial charge in [0.15, 0.2) is 4.77 Å². The maximum atomic E-state index is 5.47. The van der Waals surface area contributed by atoms with Crippen LogP contribution in [0.3, 0.4) is 0 Å². The van der Waals surface area contributed by atoms with E-state index in [0.29, 0.717) is 5.92 Å². The van der Waals surface area contributed by atoms with Crippen LogP contribution in [0.1, 0.15) is 17.0 Å². The third-order valence-electron chi connectivity index (χ3n) is 4.30. The van der Waals surface area contributed by atoms with Crippen molar-refractivity contribution in [1.29, 1.82) is 0 Å². The minimum Gasteiger partial charge on any atom is -0.337 e. The van der Waals surface area contributed by atoms with Gasteiger partial charge in [-0.05, 0) is 35.3 Å². The molecule has 1 aliphatic carbocycles. The Morgan fingerprint density at radius 3 is 2.62 bits per heavy atom. The Morgan fingerprint density at radius 2 is 1.81 bits per heavy atom. The molecule has 3 heteroatoms. The second-order valence-electron chi connectivity index (χ2n) is 5.56. The Kier molecular flexibility index (Phi) is 3.00. The summed E-state index contributed by atoms with van der Waals surface area (Å²) < 4.78 is 3.03. The minimum atomic E-state index is 0.575. The molecule has 0 aliphatic heterocycles. The van der Waals surface area contributed by atoms with Crippen LogP contribution in [-0.2, 0) is 13.0 Å². The molecular formula is C18H16N2S. The highest BCUT2D eigenvalue weighted by Crippen LogP contribution is 2.37. The lowest BCUT2D eigenvalue weighted by atomic mass is 9.77. The molecule has 1 N–H and O–H groups in total. The normalized spacial score (nSPS) is 16.3. The van der Waals surface area contributed by atoms with E-state index < -0.39 is 0 Å². The van der Waals surface area contributed by atoms with E-state index in [-0.39, 0.29) is 0 Å². The molecule has 3 aromatic rings. The van der Waals surface area contributed by atoms with Crippen LogP contribution in [0.5, 0.6) is 0 Å². The number of benzene rings is 2. The number of H-pyrrole nitrogens is 1. The van der Waals surface area contributed by atoms with Crippen molar-refractivity contribution >= 4 is 12.2 Å². The molecule has 2 aromatic carbocycles. The number of hydrogen-bond donors (Lipinski definition) is 1. The molecule has 1 aromatic heterocycles. The summed E-state index contributed by atoms with van der Waals surface area (Å²) in [6.45, 7) is 0.948. The highest BCUT2D eigenvalue weighted by atomic mass is 32.1. The maximum absolute atomic E-state index is 5.47. The van der Waals surface area contributed by atoms with E-state index in [9.17, 15) is 0 Å². The van der Waals surface area contributed by atoms with Gasteiger partial charge in [0.05, 0.1) is 5.69 Å². The van der Waals surface area contributed by atoms with Crippen LogP contribution in [0.4, 0.5) is 0 Å². The van der Waals surface area contributed by atoms with Crippen LogP contribution in [0, 0.1) is 4.77 Å². The van der Waals surface area contributed by atoms with Crippen molar-refractivity contribution in [2.24, 2.45) is 0 Å². The highest BCUT2D eigenvalue weighted by molar-refractivity contribution is 7.71. The third-order valence-corrected chi connectivity index (χ3v) is 4.64. The van der Waals surface area contributed by atoms with E-state index in [4.69, 9.17) is 12.2 Å². The second kappa shape index (κ2) is 5.01. The standard InChI is InChI=1S/C18H16N2S/c21-18-19-11-17(13-6-2-1-3-7-13)20(18)12-15-10-14-8-4-5-9-16(14)15/h1-9,11,15H,10,12H2,(H,19,21). The molecule has 1 aliphatic rings. The maximum Gasteiger partial charge on any atom is 0.177 e. The summed E-state index contributed by atoms with van der Waals surface area (Å²) in [7, 11) is 0. The molecule has 0 saturated carbocycles. The van der Waals surface area contributed by atoms with Gasteiger partial charge < -0.3 is 9.55 Å². The lowest BCUT2D eigenvalue weighted by Gasteiger charge is -2.30. The van der Waals surface area contributed by atoms with Gasteiger partial charge in [0.25, 0.3) is 0 Å². The van der Waals surface area contributed by atoms with Gasteiger partial charge in [0, 0.05) is 18.7 Å². The number of nitrogens with one attached hydrogen (secondary N) is 1. The Hall–Kier alpha value is -2.13. The van der Waals surface area contributed by atoms with E-state index in [0.717, 1.165) is 17.7 Å². The molecule has 0 saturated heterocycles. The van der Waals surface area contributed by atoms with Gasteiger partial charge in [-0.2, -0.15) is 0 Å². The quantitative estimate of drug-likeness (QED) is 0.702. The van der Waals surface area contributed by atoms with Crippen molar-refractivity contribution in [3.05, 3.63) is 76.7 Å². The molecular weight excluding hydrogens is 276 g/mol. The van der Waals surface area contributed by atoms with Crippen molar-refractivity contribution in [3.8, 4) is 11.3 Å². The van der Waals surface area contributed by atoms with Crippen molar-refractivity contribution in [1.82, 2.24) is 9.55 Å². The molecule has 0 bridgehead atoms. The first-order valence-electron chi connectivity index (χ1n) is 7.24. The summed E-state index contributed by atoms with van der Waals surface area (Å²) in [5.74, 6) is 0.575. The zero-order chi connectivity index (χ0) is 14.2. The molecule has 4 rings (SSSR count). The van der Waals surface area contributed by atoms with Gasteiger partial charge in [-0.3, -0.25) is 0 Å². The van der Waals surface area contributed by atoms with E-state index >= 15 is 0 Å². The number of imidazole rings is 1. The van der Waals surface area contributed by atoms with Crippen molar-refractivity contribution < 1.29 is 0 Å². The van der Waals surface area contributed by atoms with E-state index in [2.05, 4.69) is 58.1 Å². The topological polar surface area (TPSA) is 20.7 Å². The predicted octanol–water partition coefficient (Wildman–Crippen LogP) is 4.55. The van der Waals surface area contributed by atoms with Gasteiger partial charge in [-0.15, -0.1) is 0 Å². The van der Waals surface area contributed by atoms with Gasteiger partial charge in [-0.1, -0.05) is 54.6 Å². The Labute approximate surface area is 129 Å². The van der Waals surface area contributed by atoms with E-state index in [1.165, 1.54) is 22.4 Å². The summed E-state index contributed by atoms with van der Waals surface area (Å²) >= 11 is 5.47. The number of aromatic nitrogens is 2. The first-order valence-corrected chi connectivity index (χ1v) is 7.65. The van der Waals surface area contributed by atoms with Crippen LogP contribution in [0.2, 0.25) is 0 Å². The van der Waals surface area contributed by atoms with Crippen molar-refractivity contribution in [3.63, 3.8) is 0 Å². The second-order valence-corrected chi connectivity index (χ2v) is 5.94. The Balaban J connectivity index is 1.68. The first kappa shape index (κ1) is 12.6. The molecule has 1 unspecified atom stereocenters. The Morgan fingerprint density at radius 1 is 1.05 bits per heavy atom. The molecule has 0 spiro atoms. The summed E-state index contributed by atoms with van der Waals surface area (Å²) in [5, 5.41) is 0. The molecule has 2 nitrogen and oxygen atoms in total. The fourth-order valence-electron chi connectivity index (χ4n) is 3.17. The predicted molar refractivity (Wildman–Crippen MR) is 87.9 cm³/mol. The number of fused-ring (bicyclic) bond motifs is 1. The third kappa shape index (κ3) is 2.14. The monoisotopic (exact) mass is 292 g/mol. The zero-order valence-corrected chi connectivity index (χ0v) is 12.4. The van der Waals surface area contributed by atoms with Gasteiger partial charge in [0.1, 0.15) is 0 Å². The lowest BCUT2D eigenvalue weighted by molar-refractivity contribution is 0.508. The summed E-state index contributed by atoms with van der Waals surface area (Å²) in [4.78, 5) is 3.19. The average molecular weight is 292 g/mol. The average Bonchev–Trinajstić information content (AvgIpc) is 2.87. The van der Waals surface area contributed by atoms with E-state index in [1.54, 1.807) is 0 Å². The van der Waals surface area contributed by atoms with Crippen LogP contribution in [0.15, 0.2) is 60.8 Å². The smallest absolute Gasteiger partial charge is 0.177 e. The largest absolute Gasteiger partial charge is 0.337 e. The highest BCUT2D eigenvalue weighted by Gasteiger charge is 2.26. The lowest BCUT2D eigenvalue weighted by Crippen LogP contribution is -2.22. The van der Waals surface area contributed by atoms with Gasteiger partial charge in [-0.25, -0.2) is 0 Å². The Bertz CT molecular complexity index is 830. The van der Waals surface area contributed by atoms with Crippen LogP contribution in [0.25, 0.3) is 11.3 Å². The fourth-order valence-corrected chi connectivity index (χ4v) is 3.40. The van der Waals surface area contributed by atoms with E-state index in [1.807, 2.05) is 12.3 Å².